The number of aromatic nitrogens is 4. The zero-order valence-corrected chi connectivity index (χ0v) is 31.1. The van der Waals surface area contributed by atoms with E-state index in [1.54, 1.807) is 13.1 Å². The van der Waals surface area contributed by atoms with Crippen molar-refractivity contribution >= 4 is 33.4 Å². The number of hydrogen-bond donors (Lipinski definition) is 3. The molecule has 6 aromatic rings. The number of nitrogens with one attached hydrogen (secondary N) is 2. The van der Waals surface area contributed by atoms with E-state index in [0.717, 1.165) is 54.4 Å². The average Bonchev–Trinajstić information content (AvgIpc) is 3.23. The predicted octanol–water partition coefficient (Wildman–Crippen LogP) is 4.26. The molecule has 2 unspecified atom stereocenters. The summed E-state index contributed by atoms with van der Waals surface area (Å²) < 4.78 is 0. The lowest BCUT2D eigenvalue weighted by Crippen LogP contribution is -2.79. The molecule has 13 heteroatoms. The van der Waals surface area contributed by atoms with E-state index in [9.17, 15) is 14.9 Å². The molecule has 4 heterocycles. The Morgan fingerprint density at radius 3 is 1.55 bits per heavy atom. The molecule has 0 amide bonds. The minimum atomic E-state index is -0.978. The Bertz CT molecular complexity index is 2200. The van der Waals surface area contributed by atoms with Crippen molar-refractivity contribution < 1.29 is 26.4 Å². The summed E-state index contributed by atoms with van der Waals surface area (Å²) in [6, 6.07) is 32.7. The summed E-state index contributed by atoms with van der Waals surface area (Å²) >= 11 is 0. The van der Waals surface area contributed by atoms with Crippen LogP contribution >= 0.6 is 0 Å². The van der Waals surface area contributed by atoms with Crippen LogP contribution in [0, 0.1) is 15.7 Å². The largest absolute Gasteiger partial charge is 0.870 e. The molecule has 8 rings (SSSR count). The molecule has 0 spiro atoms. The third-order valence-corrected chi connectivity index (χ3v) is 11.0. The van der Waals surface area contributed by atoms with Gasteiger partial charge < -0.3 is 25.9 Å². The molecule has 4 aromatic carbocycles. The number of fused-ring (bicyclic) bond motifs is 2. The number of piperidine rings is 2. The monoisotopic (exact) mass is 744 g/mol. The quantitative estimate of drug-likeness (QED) is 0.201. The van der Waals surface area contributed by atoms with E-state index >= 15 is 0 Å². The van der Waals surface area contributed by atoms with Crippen LogP contribution in [0.5, 0.6) is 0 Å². The lowest BCUT2D eigenvalue weighted by Gasteiger charge is -2.37. The molecule has 0 aliphatic carbocycles. The van der Waals surface area contributed by atoms with E-state index in [1.807, 2.05) is 42.6 Å². The van der Waals surface area contributed by atoms with Crippen molar-refractivity contribution in [2.75, 3.05) is 36.0 Å². The maximum atomic E-state index is 10.9. The Morgan fingerprint density at radius 1 is 0.636 bits per heavy atom. The molecule has 2 aromatic heterocycles. The summed E-state index contributed by atoms with van der Waals surface area (Å²) in [5, 5.41) is 19.5. The number of nitroso groups, excluding NO2 is 2. The van der Waals surface area contributed by atoms with E-state index < -0.39 is 11.6 Å². The van der Waals surface area contributed by atoms with Gasteiger partial charge in [-0.15, -0.1) is 0 Å². The van der Waals surface area contributed by atoms with Gasteiger partial charge in [0.2, 0.25) is 17.9 Å². The maximum absolute atomic E-state index is 10.9. The molecule has 2 fully saturated rings. The Morgan fingerprint density at radius 2 is 1.09 bits per heavy atom. The summed E-state index contributed by atoms with van der Waals surface area (Å²) in [4.78, 5) is 44.5. The van der Waals surface area contributed by atoms with Gasteiger partial charge in [-0.2, -0.15) is 0 Å². The molecule has 2 saturated heterocycles. The van der Waals surface area contributed by atoms with Gasteiger partial charge in [0.25, 0.3) is 0 Å². The van der Waals surface area contributed by atoms with Crippen LogP contribution in [0.25, 0.3) is 44.1 Å². The Balaban J connectivity index is 0.000000204. The number of benzene rings is 4. The summed E-state index contributed by atoms with van der Waals surface area (Å²) in [6.45, 7) is 6.69. The molecular weight excluding hydrogens is 697 g/mol. The smallest absolute Gasteiger partial charge is 0.225 e. The molecular formula is C42H48N8O5. The Labute approximate surface area is 320 Å². The molecule has 0 radical (unpaired) electrons. The third-order valence-electron chi connectivity index (χ3n) is 11.0. The summed E-state index contributed by atoms with van der Waals surface area (Å²) in [5.74, 6) is 1.86. The van der Waals surface area contributed by atoms with Crippen LogP contribution in [0.2, 0.25) is 0 Å². The minimum absolute atomic E-state index is 0. The Hall–Kier alpha value is -5.76. The van der Waals surface area contributed by atoms with E-state index in [1.165, 1.54) is 21.5 Å². The van der Waals surface area contributed by atoms with Crippen LogP contribution in [0.15, 0.2) is 109 Å². The standard InChI is InChI=1S/C21H22N4O2.C21H22N4O.2H2O/c1-15(24-27)21(26)9-12-25(13-10-21)20-22-11-8-19(23-20)18-7-6-16-4-2-3-5-17(16)14-18;1-15(24-26)16-9-12-25(13-10-16)21-22-11-8-20(23-21)19-7-6-17-4-2-3-5-18(17)14-19;;/h2-8,11,14-15,26H,9-10,12-13H2,1H3;2-8,11,14-16H,9-10,12-13H2,1H3;2*1H2. The van der Waals surface area contributed by atoms with Crippen LogP contribution in [0.1, 0.15) is 39.5 Å². The van der Waals surface area contributed by atoms with Crippen molar-refractivity contribution in [2.45, 2.75) is 57.2 Å². The van der Waals surface area contributed by atoms with Crippen LogP contribution in [-0.2, 0) is 0 Å². The van der Waals surface area contributed by atoms with E-state index in [2.05, 4.69) is 97.7 Å². The van der Waals surface area contributed by atoms with E-state index in [0.29, 0.717) is 37.8 Å². The predicted molar refractivity (Wildman–Crippen MR) is 213 cm³/mol. The first-order valence-corrected chi connectivity index (χ1v) is 18.5. The molecule has 2 atom stereocenters. The van der Waals surface area contributed by atoms with Crippen LogP contribution in [-0.4, -0.2) is 79.9 Å². The zero-order valence-electron chi connectivity index (χ0n) is 31.1. The van der Waals surface area contributed by atoms with Crippen molar-refractivity contribution in [3.63, 3.8) is 0 Å². The average molecular weight is 745 g/mol. The number of aliphatic hydroxyl groups is 1. The first kappa shape index (κ1) is 40.4. The lowest BCUT2D eigenvalue weighted by atomic mass is 9.85. The first-order chi connectivity index (χ1) is 25.8. The fourth-order valence-electron chi connectivity index (χ4n) is 7.35. The van der Waals surface area contributed by atoms with Crippen molar-refractivity contribution in [3.8, 4) is 22.5 Å². The summed E-state index contributed by atoms with van der Waals surface area (Å²) in [5.41, 5.74) is 2.99. The van der Waals surface area contributed by atoms with Gasteiger partial charge in [-0.05, 0) is 69.0 Å². The van der Waals surface area contributed by atoms with Gasteiger partial charge in [0, 0.05) is 92.1 Å². The molecule has 55 heavy (non-hydrogen) atoms. The number of nitrogens with zero attached hydrogens (tertiary/aromatic N) is 6. The highest BCUT2D eigenvalue weighted by molar-refractivity contribution is 5.87. The summed E-state index contributed by atoms with van der Waals surface area (Å²) in [7, 11) is 0. The third kappa shape index (κ3) is 9.14. The second-order valence-corrected chi connectivity index (χ2v) is 14.3. The van der Waals surface area contributed by atoms with Crippen molar-refractivity contribution in [1.29, 1.82) is 0 Å². The van der Waals surface area contributed by atoms with Crippen molar-refractivity contribution in [1.82, 2.24) is 19.9 Å². The summed E-state index contributed by atoms with van der Waals surface area (Å²) in [6.07, 6.45) is 6.59. The Kier molecular flexibility index (Phi) is 13.3. The number of hydrogen-bond acceptors (Lipinski definition) is 11. The fourth-order valence-corrected chi connectivity index (χ4v) is 7.35. The zero-order chi connectivity index (χ0) is 36.8. The number of anilines is 2. The van der Waals surface area contributed by atoms with Gasteiger partial charge >= 0.3 is 0 Å². The fraction of sp³-hybridized carbons (Fsp3) is 0.333. The van der Waals surface area contributed by atoms with Gasteiger partial charge in [-0.3, -0.25) is 0 Å². The molecule has 2 aliphatic rings. The molecule has 5 N–H and O–H groups in total. The molecule has 13 nitrogen and oxygen atoms in total. The maximum Gasteiger partial charge on any atom is 0.225 e. The highest BCUT2D eigenvalue weighted by Gasteiger charge is 2.42. The van der Waals surface area contributed by atoms with Crippen LogP contribution in [0.4, 0.5) is 11.9 Å². The lowest BCUT2D eigenvalue weighted by molar-refractivity contribution is -0.545. The highest BCUT2D eigenvalue weighted by atomic mass is 16.3. The van der Waals surface area contributed by atoms with Crippen LogP contribution < -0.4 is 20.2 Å². The van der Waals surface area contributed by atoms with E-state index in [-0.39, 0.29) is 17.0 Å². The first-order valence-electron chi connectivity index (χ1n) is 18.5. The van der Waals surface area contributed by atoms with Crippen molar-refractivity contribution in [3.05, 3.63) is 119 Å². The molecule has 0 bridgehead atoms. The minimum Gasteiger partial charge on any atom is -0.870 e. The molecule has 0 saturated carbocycles. The number of rotatable bonds is 8. The van der Waals surface area contributed by atoms with Crippen LogP contribution in [0.3, 0.4) is 0 Å². The molecule has 286 valence electrons. The second-order valence-electron chi connectivity index (χ2n) is 14.3. The van der Waals surface area contributed by atoms with Gasteiger partial charge in [0.05, 0.1) is 11.4 Å². The van der Waals surface area contributed by atoms with Gasteiger partial charge in [0.15, 0.2) is 6.04 Å². The highest BCUT2D eigenvalue weighted by Crippen LogP contribution is 2.29. The molecule has 2 aliphatic heterocycles. The SMILES string of the molecule is CC([NH+]=O)C1(O)CCN(c2nccc(-c3ccc4ccccc4c3)n2)CC1.CC([NH+]=O)C1CCN(c2nccc(-c3ccc4ccccc4c3)n2)CC1.[OH-].[OH-]. The topological polar surface area (TPSA) is 200 Å². The second kappa shape index (κ2) is 18.0. The van der Waals surface area contributed by atoms with E-state index in [4.69, 9.17) is 9.97 Å². The van der Waals surface area contributed by atoms with Gasteiger partial charge in [0.1, 0.15) is 5.60 Å². The van der Waals surface area contributed by atoms with Gasteiger partial charge in [-0.25, -0.2) is 19.9 Å². The van der Waals surface area contributed by atoms with Crippen molar-refractivity contribution in [2.24, 2.45) is 5.92 Å². The normalized spacial score (nSPS) is 16.5. The van der Waals surface area contributed by atoms with Gasteiger partial charge in [-0.1, -0.05) is 72.8 Å².